The molecule has 0 amide bonds. The lowest BCUT2D eigenvalue weighted by atomic mass is 9.94. The first kappa shape index (κ1) is 20.5. The predicted molar refractivity (Wildman–Crippen MR) is 117 cm³/mol. The third kappa shape index (κ3) is 4.19. The van der Waals surface area contributed by atoms with E-state index >= 15 is 0 Å². The molecule has 3 aliphatic rings. The molecule has 31 heavy (non-hydrogen) atoms. The lowest BCUT2D eigenvalue weighted by Crippen LogP contribution is -2.50. The van der Waals surface area contributed by atoms with Crippen LogP contribution in [0.25, 0.3) is 11.1 Å². The molecule has 2 aromatic rings. The zero-order valence-corrected chi connectivity index (χ0v) is 18.0. The Bertz CT molecular complexity index is 946. The third-order valence-corrected chi connectivity index (χ3v) is 6.87. The van der Waals surface area contributed by atoms with Crippen LogP contribution in [0.1, 0.15) is 18.5 Å². The Hall–Kier alpha value is -2.45. The first-order chi connectivity index (χ1) is 15.1. The van der Waals surface area contributed by atoms with Crippen molar-refractivity contribution in [3.8, 4) is 11.1 Å². The molecule has 3 aliphatic heterocycles. The van der Waals surface area contributed by atoms with Crippen LogP contribution in [0.5, 0.6) is 0 Å². The van der Waals surface area contributed by atoms with Gasteiger partial charge in [0.15, 0.2) is 11.6 Å². The average Bonchev–Trinajstić information content (AvgIpc) is 3.37. The van der Waals surface area contributed by atoms with Gasteiger partial charge in [-0.3, -0.25) is 5.10 Å². The topological polar surface area (TPSA) is 50.4 Å². The maximum atomic E-state index is 14.9. The highest BCUT2D eigenvalue weighted by Crippen LogP contribution is 2.33. The molecule has 2 saturated heterocycles. The van der Waals surface area contributed by atoms with Gasteiger partial charge in [0.25, 0.3) is 0 Å². The Labute approximate surface area is 181 Å². The summed E-state index contributed by atoms with van der Waals surface area (Å²) in [6.07, 6.45) is 7.77. The van der Waals surface area contributed by atoms with Gasteiger partial charge in [0, 0.05) is 55.4 Å². The summed E-state index contributed by atoms with van der Waals surface area (Å²) in [4.78, 5) is 6.58. The van der Waals surface area contributed by atoms with Crippen LogP contribution in [0, 0.1) is 30.4 Å². The number of nitrogens with one attached hydrogen (secondary N) is 2. The fraction of sp³-hybridized carbons (Fsp3) is 0.522. The molecule has 5 rings (SSSR count). The third-order valence-electron chi connectivity index (χ3n) is 6.87. The van der Waals surface area contributed by atoms with Crippen molar-refractivity contribution < 1.29 is 8.78 Å². The summed E-state index contributed by atoms with van der Waals surface area (Å²) in [5, 5.41) is 10.0. The van der Waals surface area contributed by atoms with E-state index < -0.39 is 11.6 Å². The number of benzene rings is 1. The number of H-pyrrole nitrogens is 1. The van der Waals surface area contributed by atoms with Crippen molar-refractivity contribution in [3.05, 3.63) is 48.1 Å². The van der Waals surface area contributed by atoms with Crippen LogP contribution in [0.4, 0.5) is 14.5 Å². The van der Waals surface area contributed by atoms with E-state index in [1.165, 1.54) is 25.6 Å². The van der Waals surface area contributed by atoms with Crippen molar-refractivity contribution in [1.29, 1.82) is 0 Å². The number of rotatable bonds is 6. The van der Waals surface area contributed by atoms with E-state index in [4.69, 9.17) is 0 Å². The standard InChI is InChI=1S/C23H30F2N6/c1-16-20(12-27-28-16)19-2-3-21(23(25)22(19)24)31-9-8-30(15-31)13-17-4-6-29(7-5-17)14-18-10-26-11-18/h2-3,8-9,12,17-18,26H,4-7,10-11,13-15H2,1H3,(H,27,28). The molecule has 0 atom stereocenters. The number of aryl methyl sites for hydroxylation is 1. The highest BCUT2D eigenvalue weighted by molar-refractivity contribution is 5.69. The SMILES string of the molecule is Cc1[nH]ncc1-c1ccc(N2C=CN(CC3CCN(CC4CNC4)CC3)C2)c(F)c1F. The van der Waals surface area contributed by atoms with Gasteiger partial charge in [0.2, 0.25) is 0 Å². The Morgan fingerprint density at radius 1 is 1.00 bits per heavy atom. The van der Waals surface area contributed by atoms with Crippen LogP contribution in [0.2, 0.25) is 0 Å². The zero-order chi connectivity index (χ0) is 21.4. The monoisotopic (exact) mass is 428 g/mol. The minimum Gasteiger partial charge on any atom is -0.358 e. The normalized spacial score (nSPS) is 20.6. The van der Waals surface area contributed by atoms with E-state index in [-0.39, 0.29) is 11.3 Å². The second-order valence-electron chi connectivity index (χ2n) is 9.12. The summed E-state index contributed by atoms with van der Waals surface area (Å²) in [5.41, 5.74) is 1.80. The number of aromatic nitrogens is 2. The molecule has 166 valence electrons. The van der Waals surface area contributed by atoms with E-state index in [9.17, 15) is 8.78 Å². The number of nitrogens with zero attached hydrogens (tertiary/aromatic N) is 4. The number of hydrogen-bond acceptors (Lipinski definition) is 5. The van der Waals surface area contributed by atoms with Gasteiger partial charge in [0.1, 0.15) is 0 Å². The lowest BCUT2D eigenvalue weighted by molar-refractivity contribution is 0.129. The summed E-state index contributed by atoms with van der Waals surface area (Å²) in [6.45, 7) is 9.17. The van der Waals surface area contributed by atoms with Gasteiger partial charge < -0.3 is 20.0 Å². The summed E-state index contributed by atoms with van der Waals surface area (Å²) < 4.78 is 29.7. The van der Waals surface area contributed by atoms with E-state index in [2.05, 4.69) is 25.3 Å². The van der Waals surface area contributed by atoms with Gasteiger partial charge in [0.05, 0.1) is 18.6 Å². The molecule has 2 N–H and O–H groups in total. The van der Waals surface area contributed by atoms with Gasteiger partial charge in [-0.1, -0.05) is 0 Å². The van der Waals surface area contributed by atoms with Crippen molar-refractivity contribution in [2.75, 3.05) is 50.8 Å². The number of anilines is 1. The molecule has 4 heterocycles. The van der Waals surface area contributed by atoms with E-state index in [1.54, 1.807) is 24.0 Å². The van der Waals surface area contributed by atoms with Crippen LogP contribution >= 0.6 is 0 Å². The van der Waals surface area contributed by atoms with Gasteiger partial charge in [-0.05, 0) is 56.8 Å². The number of hydrogen-bond donors (Lipinski definition) is 2. The molecule has 8 heteroatoms. The van der Waals surface area contributed by atoms with Crippen molar-refractivity contribution in [1.82, 2.24) is 25.3 Å². The molecule has 0 saturated carbocycles. The first-order valence-electron chi connectivity index (χ1n) is 11.2. The lowest BCUT2D eigenvalue weighted by Gasteiger charge is -2.38. The fourth-order valence-electron chi connectivity index (χ4n) is 4.86. The summed E-state index contributed by atoms with van der Waals surface area (Å²) in [7, 11) is 0. The fourth-order valence-corrected chi connectivity index (χ4v) is 4.86. The molecule has 0 bridgehead atoms. The van der Waals surface area contributed by atoms with E-state index in [0.717, 1.165) is 38.6 Å². The molecule has 0 spiro atoms. The van der Waals surface area contributed by atoms with Gasteiger partial charge in [-0.15, -0.1) is 0 Å². The molecule has 6 nitrogen and oxygen atoms in total. The summed E-state index contributed by atoms with van der Waals surface area (Å²) in [5.74, 6) is -0.176. The largest absolute Gasteiger partial charge is 0.358 e. The van der Waals surface area contributed by atoms with E-state index in [1.807, 2.05) is 12.4 Å². The minimum atomic E-state index is -0.831. The van der Waals surface area contributed by atoms with Crippen LogP contribution in [-0.4, -0.2) is 65.9 Å². The molecule has 2 fully saturated rings. The average molecular weight is 429 g/mol. The summed E-state index contributed by atoms with van der Waals surface area (Å²) >= 11 is 0. The van der Waals surface area contributed by atoms with Crippen molar-refractivity contribution in [3.63, 3.8) is 0 Å². The van der Waals surface area contributed by atoms with Crippen LogP contribution in [-0.2, 0) is 0 Å². The minimum absolute atomic E-state index is 0.233. The Balaban J connectivity index is 1.17. The molecule has 0 unspecified atom stereocenters. The smallest absolute Gasteiger partial charge is 0.183 e. The molecule has 0 aliphatic carbocycles. The van der Waals surface area contributed by atoms with Crippen LogP contribution in [0.15, 0.2) is 30.7 Å². The Morgan fingerprint density at radius 2 is 1.81 bits per heavy atom. The molecule has 0 radical (unpaired) electrons. The van der Waals surface area contributed by atoms with Crippen molar-refractivity contribution in [2.45, 2.75) is 19.8 Å². The maximum absolute atomic E-state index is 14.9. The quantitative estimate of drug-likeness (QED) is 0.740. The van der Waals surface area contributed by atoms with Crippen LogP contribution < -0.4 is 10.2 Å². The first-order valence-corrected chi connectivity index (χ1v) is 11.2. The zero-order valence-electron chi connectivity index (χ0n) is 18.0. The van der Waals surface area contributed by atoms with Crippen molar-refractivity contribution in [2.24, 2.45) is 11.8 Å². The highest BCUT2D eigenvalue weighted by Gasteiger charge is 2.27. The molecular formula is C23H30F2N6. The number of piperidine rings is 1. The summed E-state index contributed by atoms with van der Waals surface area (Å²) in [6, 6.07) is 3.29. The number of aromatic amines is 1. The molecule has 1 aromatic heterocycles. The van der Waals surface area contributed by atoms with Crippen molar-refractivity contribution >= 4 is 5.69 Å². The Morgan fingerprint density at radius 3 is 2.48 bits per heavy atom. The molecular weight excluding hydrogens is 398 g/mol. The van der Waals surface area contributed by atoms with Crippen LogP contribution in [0.3, 0.4) is 0 Å². The molecule has 1 aromatic carbocycles. The predicted octanol–water partition coefficient (Wildman–Crippen LogP) is 3.15. The van der Waals surface area contributed by atoms with Gasteiger partial charge >= 0.3 is 0 Å². The second-order valence-corrected chi connectivity index (χ2v) is 9.12. The number of likely N-dealkylation sites (tertiary alicyclic amines) is 1. The highest BCUT2D eigenvalue weighted by atomic mass is 19.2. The Kier molecular flexibility index (Phi) is 5.67. The van der Waals surface area contributed by atoms with Gasteiger partial charge in [-0.2, -0.15) is 5.10 Å². The van der Waals surface area contributed by atoms with E-state index in [0.29, 0.717) is 23.8 Å². The number of halogens is 2. The maximum Gasteiger partial charge on any atom is 0.183 e. The van der Waals surface area contributed by atoms with Gasteiger partial charge in [-0.25, -0.2) is 8.78 Å². The second kappa shape index (κ2) is 8.59.